The van der Waals surface area contributed by atoms with Crippen LogP contribution >= 0.6 is 0 Å². The van der Waals surface area contributed by atoms with Gasteiger partial charge in [0.15, 0.2) is 0 Å². The molecule has 0 amide bonds. The highest BCUT2D eigenvalue weighted by molar-refractivity contribution is 4.79. The molecule has 17 heavy (non-hydrogen) atoms. The predicted octanol–water partition coefficient (Wildman–Crippen LogP) is 1.79. The topological polar surface area (TPSA) is 18.5 Å². The normalized spacial score (nSPS) is 25.1. The lowest BCUT2D eigenvalue weighted by atomic mass is 10.1. The van der Waals surface area contributed by atoms with Crippen LogP contribution < -0.4 is 5.32 Å². The highest BCUT2D eigenvalue weighted by atomic mass is 15.3. The van der Waals surface area contributed by atoms with E-state index in [1.165, 1.54) is 51.9 Å². The lowest BCUT2D eigenvalue weighted by molar-refractivity contribution is 0.0915. The molecule has 3 nitrogen and oxygen atoms in total. The number of likely N-dealkylation sites (N-methyl/N-ethyl adjacent to an activating group) is 1. The van der Waals surface area contributed by atoms with Crippen LogP contribution in [0.3, 0.4) is 0 Å². The van der Waals surface area contributed by atoms with Crippen molar-refractivity contribution in [3.8, 4) is 0 Å². The second-order valence-electron chi connectivity index (χ2n) is 5.38. The molecule has 0 aliphatic carbocycles. The minimum absolute atomic E-state index is 0.712. The Bertz CT molecular complexity index is 192. The van der Waals surface area contributed by atoms with Crippen molar-refractivity contribution in [3.63, 3.8) is 0 Å². The molecule has 0 aromatic heterocycles. The number of rotatable bonds is 7. The molecule has 0 aromatic carbocycles. The Morgan fingerprint density at radius 3 is 2.65 bits per heavy atom. The zero-order valence-corrected chi connectivity index (χ0v) is 12.2. The molecule has 1 rings (SSSR count). The van der Waals surface area contributed by atoms with Crippen LogP contribution in [0, 0.1) is 0 Å². The number of nitrogens with zero attached hydrogens (tertiary/aromatic N) is 2. The largest absolute Gasteiger partial charge is 0.317 e. The van der Waals surface area contributed by atoms with Gasteiger partial charge >= 0.3 is 0 Å². The Morgan fingerprint density at radius 2 is 2.06 bits per heavy atom. The summed E-state index contributed by atoms with van der Waals surface area (Å²) in [6.45, 7) is 9.61. The van der Waals surface area contributed by atoms with E-state index < -0.39 is 0 Å². The van der Waals surface area contributed by atoms with E-state index in [9.17, 15) is 0 Å². The van der Waals surface area contributed by atoms with Crippen molar-refractivity contribution in [3.05, 3.63) is 0 Å². The van der Waals surface area contributed by atoms with E-state index in [4.69, 9.17) is 0 Å². The number of nitrogens with one attached hydrogen (secondary N) is 1. The maximum atomic E-state index is 3.39. The summed E-state index contributed by atoms with van der Waals surface area (Å²) in [6.07, 6.45) is 5.17. The fourth-order valence-corrected chi connectivity index (χ4v) is 2.77. The highest BCUT2D eigenvalue weighted by Crippen LogP contribution is 2.12. The summed E-state index contributed by atoms with van der Waals surface area (Å²) in [5.41, 5.74) is 0. The number of hydrogen-bond acceptors (Lipinski definition) is 3. The van der Waals surface area contributed by atoms with Crippen LogP contribution in [0.15, 0.2) is 0 Å². The van der Waals surface area contributed by atoms with Crippen molar-refractivity contribution in [1.82, 2.24) is 15.1 Å². The lowest BCUT2D eigenvalue weighted by Crippen LogP contribution is -2.51. The van der Waals surface area contributed by atoms with Crippen molar-refractivity contribution in [2.45, 2.75) is 51.6 Å². The summed E-state index contributed by atoms with van der Waals surface area (Å²) in [7, 11) is 4.34. The smallest absolute Gasteiger partial charge is 0.0218 e. The van der Waals surface area contributed by atoms with Crippen molar-refractivity contribution >= 4 is 0 Å². The van der Waals surface area contributed by atoms with Gasteiger partial charge in [0.1, 0.15) is 0 Å². The fourth-order valence-electron chi connectivity index (χ4n) is 2.77. The monoisotopic (exact) mass is 241 g/mol. The van der Waals surface area contributed by atoms with Crippen LogP contribution in [-0.4, -0.2) is 62.2 Å². The van der Waals surface area contributed by atoms with Crippen LogP contribution in [0.5, 0.6) is 0 Å². The second-order valence-corrected chi connectivity index (χ2v) is 5.38. The van der Waals surface area contributed by atoms with Crippen molar-refractivity contribution < 1.29 is 0 Å². The third-order valence-electron chi connectivity index (χ3n) is 4.26. The Hall–Kier alpha value is -0.120. The van der Waals surface area contributed by atoms with E-state index in [2.05, 4.69) is 43.1 Å². The average molecular weight is 241 g/mol. The molecule has 0 saturated carbocycles. The zero-order chi connectivity index (χ0) is 12.7. The molecular formula is C14H31N3. The van der Waals surface area contributed by atoms with Crippen LogP contribution in [-0.2, 0) is 0 Å². The van der Waals surface area contributed by atoms with Crippen LogP contribution in [0.1, 0.15) is 39.5 Å². The van der Waals surface area contributed by atoms with Gasteiger partial charge in [0.05, 0.1) is 0 Å². The molecule has 2 atom stereocenters. The van der Waals surface area contributed by atoms with Gasteiger partial charge < -0.3 is 15.1 Å². The summed E-state index contributed by atoms with van der Waals surface area (Å²) >= 11 is 0. The van der Waals surface area contributed by atoms with Crippen molar-refractivity contribution in [2.75, 3.05) is 40.3 Å². The van der Waals surface area contributed by atoms with Gasteiger partial charge in [0.25, 0.3) is 0 Å². The van der Waals surface area contributed by atoms with E-state index in [0.29, 0.717) is 6.04 Å². The first kappa shape index (κ1) is 14.9. The Kier molecular flexibility index (Phi) is 7.09. The maximum absolute atomic E-state index is 3.39. The minimum Gasteiger partial charge on any atom is -0.317 e. The summed E-state index contributed by atoms with van der Waals surface area (Å²) in [5, 5.41) is 3.39. The second kappa shape index (κ2) is 8.06. The lowest BCUT2D eigenvalue weighted by Gasteiger charge is -2.39. The molecule has 0 spiro atoms. The zero-order valence-electron chi connectivity index (χ0n) is 12.2. The van der Waals surface area contributed by atoms with Gasteiger partial charge in [-0.1, -0.05) is 13.8 Å². The van der Waals surface area contributed by atoms with E-state index >= 15 is 0 Å². The molecule has 1 heterocycles. The van der Waals surface area contributed by atoms with Gasteiger partial charge in [0.2, 0.25) is 0 Å². The molecule has 3 heteroatoms. The SMILES string of the molecule is CCC(CCCN1CCN(C)C(CC)C1)NC. The first-order valence-electron chi connectivity index (χ1n) is 7.31. The van der Waals surface area contributed by atoms with Crippen LogP contribution in [0.4, 0.5) is 0 Å². The van der Waals surface area contributed by atoms with Crippen LogP contribution in [0.25, 0.3) is 0 Å². The van der Waals surface area contributed by atoms with Crippen molar-refractivity contribution in [1.29, 1.82) is 0 Å². The first-order chi connectivity index (χ1) is 8.21. The molecule has 102 valence electrons. The van der Waals surface area contributed by atoms with Gasteiger partial charge in [-0.15, -0.1) is 0 Å². The van der Waals surface area contributed by atoms with Gasteiger partial charge in [-0.2, -0.15) is 0 Å². The third kappa shape index (κ3) is 4.94. The molecule has 1 fully saturated rings. The standard InChI is InChI=1S/C14H31N3/c1-5-13(15-3)8-7-9-17-11-10-16(4)14(6-2)12-17/h13-15H,5-12H2,1-4H3. The fraction of sp³-hybridized carbons (Fsp3) is 1.00. The summed E-state index contributed by atoms with van der Waals surface area (Å²) in [6, 6.07) is 1.49. The molecule has 2 unspecified atom stereocenters. The Balaban J connectivity index is 2.19. The van der Waals surface area contributed by atoms with Crippen molar-refractivity contribution in [2.24, 2.45) is 0 Å². The Labute approximate surface area is 108 Å². The van der Waals surface area contributed by atoms with E-state index in [1.807, 2.05) is 0 Å². The summed E-state index contributed by atoms with van der Waals surface area (Å²) in [5.74, 6) is 0. The molecule has 0 bridgehead atoms. The molecule has 1 aliphatic heterocycles. The maximum Gasteiger partial charge on any atom is 0.0218 e. The van der Waals surface area contributed by atoms with Gasteiger partial charge in [-0.05, 0) is 46.3 Å². The van der Waals surface area contributed by atoms with E-state index in [1.54, 1.807) is 0 Å². The molecule has 1 saturated heterocycles. The van der Waals surface area contributed by atoms with Gasteiger partial charge in [-0.25, -0.2) is 0 Å². The van der Waals surface area contributed by atoms with E-state index in [-0.39, 0.29) is 0 Å². The Morgan fingerprint density at radius 1 is 1.29 bits per heavy atom. The molecule has 1 aliphatic rings. The molecular weight excluding hydrogens is 210 g/mol. The van der Waals surface area contributed by atoms with E-state index in [0.717, 1.165) is 6.04 Å². The predicted molar refractivity (Wildman–Crippen MR) is 75.5 cm³/mol. The quantitative estimate of drug-likeness (QED) is 0.733. The summed E-state index contributed by atoms with van der Waals surface area (Å²) in [4.78, 5) is 5.16. The highest BCUT2D eigenvalue weighted by Gasteiger charge is 2.22. The average Bonchev–Trinajstić information content (AvgIpc) is 2.36. The molecule has 1 N–H and O–H groups in total. The molecule has 0 aromatic rings. The van der Waals surface area contributed by atoms with Gasteiger partial charge in [0, 0.05) is 31.7 Å². The first-order valence-corrected chi connectivity index (χ1v) is 7.31. The minimum atomic E-state index is 0.712. The number of hydrogen-bond donors (Lipinski definition) is 1. The van der Waals surface area contributed by atoms with Gasteiger partial charge in [-0.3, -0.25) is 0 Å². The number of piperazine rings is 1. The van der Waals surface area contributed by atoms with Crippen LogP contribution in [0.2, 0.25) is 0 Å². The summed E-state index contributed by atoms with van der Waals surface area (Å²) < 4.78 is 0. The molecule has 0 radical (unpaired) electrons. The third-order valence-corrected chi connectivity index (χ3v) is 4.26.